The molecule has 1 aromatic carbocycles. The van der Waals surface area contributed by atoms with Crippen molar-refractivity contribution in [3.63, 3.8) is 0 Å². The van der Waals surface area contributed by atoms with Crippen molar-refractivity contribution in [3.05, 3.63) is 48.3 Å². The lowest BCUT2D eigenvalue weighted by atomic mass is 10.2. The Kier molecular flexibility index (Phi) is 4.44. The third kappa shape index (κ3) is 3.14. The summed E-state index contributed by atoms with van der Waals surface area (Å²) in [5, 5.41) is 0.804. The van der Waals surface area contributed by atoms with E-state index in [0.717, 1.165) is 47.6 Å². The number of halogens is 1. The fourth-order valence-corrected chi connectivity index (χ4v) is 3.75. The molecule has 3 aromatic rings. The molecular weight excluding hydrogens is 327 g/mol. The highest BCUT2D eigenvalue weighted by molar-refractivity contribution is 7.98. The van der Waals surface area contributed by atoms with Gasteiger partial charge in [-0.1, -0.05) is 23.9 Å². The van der Waals surface area contributed by atoms with Crippen LogP contribution in [0.4, 0.5) is 4.39 Å². The van der Waals surface area contributed by atoms with E-state index in [4.69, 9.17) is 4.74 Å². The lowest BCUT2D eigenvalue weighted by molar-refractivity contribution is -0.0298. The van der Waals surface area contributed by atoms with E-state index in [1.807, 2.05) is 10.6 Å². The summed E-state index contributed by atoms with van der Waals surface area (Å²) in [6.07, 6.45) is 6.56. The summed E-state index contributed by atoms with van der Waals surface area (Å²) < 4.78 is 21.1. The summed E-state index contributed by atoms with van der Waals surface area (Å²) in [6.45, 7) is 0.774. The van der Waals surface area contributed by atoms with Gasteiger partial charge in [0, 0.05) is 12.4 Å². The van der Waals surface area contributed by atoms with E-state index >= 15 is 0 Å². The number of fused-ring (bicyclic) bond motifs is 1. The maximum absolute atomic E-state index is 13.3. The predicted octanol–water partition coefficient (Wildman–Crippen LogP) is 3.96. The number of benzene rings is 1. The molecule has 4 rings (SSSR count). The van der Waals surface area contributed by atoms with E-state index in [1.165, 1.54) is 17.8 Å². The van der Waals surface area contributed by atoms with E-state index in [9.17, 15) is 4.39 Å². The lowest BCUT2D eigenvalue weighted by Crippen LogP contribution is -2.17. The molecular formula is C17H17FN4OS. The van der Waals surface area contributed by atoms with E-state index in [1.54, 1.807) is 24.8 Å². The Morgan fingerprint density at radius 2 is 2.21 bits per heavy atom. The number of hydrogen-bond acceptors (Lipinski definition) is 5. The monoisotopic (exact) mass is 344 g/mol. The molecule has 3 heterocycles. The van der Waals surface area contributed by atoms with Crippen LogP contribution in [-0.4, -0.2) is 26.1 Å². The van der Waals surface area contributed by atoms with Crippen LogP contribution < -0.4 is 0 Å². The van der Waals surface area contributed by atoms with Gasteiger partial charge in [0.15, 0.2) is 5.65 Å². The molecule has 1 atom stereocenters. The topological polar surface area (TPSA) is 52.8 Å². The Morgan fingerprint density at radius 1 is 1.25 bits per heavy atom. The van der Waals surface area contributed by atoms with Gasteiger partial charge in [-0.05, 0) is 37.0 Å². The SMILES string of the molecule is Fc1cccc(CSc2ncnc3c2ncn3C2CCCCO2)c1. The van der Waals surface area contributed by atoms with Gasteiger partial charge in [-0.3, -0.25) is 4.57 Å². The Balaban J connectivity index is 1.58. The summed E-state index contributed by atoms with van der Waals surface area (Å²) in [6, 6.07) is 6.61. The van der Waals surface area contributed by atoms with Crippen LogP contribution in [-0.2, 0) is 10.5 Å². The first-order valence-electron chi connectivity index (χ1n) is 7.97. The minimum absolute atomic E-state index is 0.000260. The van der Waals surface area contributed by atoms with Crippen molar-refractivity contribution in [1.82, 2.24) is 19.5 Å². The molecule has 1 saturated heterocycles. The minimum atomic E-state index is -0.223. The normalized spacial score (nSPS) is 18.1. The molecule has 1 fully saturated rings. The maximum atomic E-state index is 13.3. The van der Waals surface area contributed by atoms with Crippen molar-refractivity contribution in [2.75, 3.05) is 6.61 Å². The van der Waals surface area contributed by atoms with E-state index < -0.39 is 0 Å². The molecule has 124 valence electrons. The number of imidazole rings is 1. The van der Waals surface area contributed by atoms with Gasteiger partial charge in [-0.2, -0.15) is 0 Å². The van der Waals surface area contributed by atoms with Crippen LogP contribution in [0.15, 0.2) is 41.9 Å². The Morgan fingerprint density at radius 3 is 3.04 bits per heavy atom. The van der Waals surface area contributed by atoms with Gasteiger partial charge >= 0.3 is 0 Å². The predicted molar refractivity (Wildman–Crippen MR) is 90.1 cm³/mol. The summed E-state index contributed by atoms with van der Waals surface area (Å²) in [4.78, 5) is 13.2. The van der Waals surface area contributed by atoms with Crippen LogP contribution >= 0.6 is 11.8 Å². The zero-order valence-electron chi connectivity index (χ0n) is 13.1. The fraction of sp³-hybridized carbons (Fsp3) is 0.353. The van der Waals surface area contributed by atoms with Gasteiger partial charge in [0.2, 0.25) is 0 Å². The molecule has 0 saturated carbocycles. The van der Waals surface area contributed by atoms with Crippen LogP contribution in [0.3, 0.4) is 0 Å². The van der Waals surface area contributed by atoms with Crippen LogP contribution in [0.5, 0.6) is 0 Å². The average Bonchev–Trinajstić information content (AvgIpc) is 3.05. The Hall–Kier alpha value is -1.99. The molecule has 5 nitrogen and oxygen atoms in total. The first-order chi connectivity index (χ1) is 11.8. The highest BCUT2D eigenvalue weighted by atomic mass is 32.2. The summed E-state index contributed by atoms with van der Waals surface area (Å²) in [5.41, 5.74) is 2.48. The lowest BCUT2D eigenvalue weighted by Gasteiger charge is -2.23. The molecule has 1 unspecified atom stereocenters. The quantitative estimate of drug-likeness (QED) is 0.530. The largest absolute Gasteiger partial charge is 0.358 e. The standard InChI is InChI=1S/C17H17FN4OS/c18-13-5-3-4-12(8-13)9-24-17-15-16(19-10-20-17)22(11-21-15)14-6-1-2-7-23-14/h3-5,8,10-11,14H,1-2,6-7,9H2. The molecule has 2 aromatic heterocycles. The average molecular weight is 344 g/mol. The third-order valence-electron chi connectivity index (χ3n) is 4.06. The van der Waals surface area contributed by atoms with Crippen LogP contribution in [0.25, 0.3) is 11.2 Å². The van der Waals surface area contributed by atoms with Crippen LogP contribution in [0.2, 0.25) is 0 Å². The molecule has 7 heteroatoms. The fourth-order valence-electron chi connectivity index (χ4n) is 2.87. The third-order valence-corrected chi connectivity index (χ3v) is 5.11. The summed E-state index contributed by atoms with van der Waals surface area (Å²) in [7, 11) is 0. The zero-order valence-corrected chi connectivity index (χ0v) is 13.9. The molecule has 0 aliphatic carbocycles. The van der Waals surface area contributed by atoms with Gasteiger partial charge in [-0.25, -0.2) is 19.3 Å². The second kappa shape index (κ2) is 6.86. The second-order valence-corrected chi connectivity index (χ2v) is 6.71. The molecule has 0 radical (unpaired) electrons. The van der Waals surface area contributed by atoms with E-state index in [2.05, 4.69) is 15.0 Å². The molecule has 0 amide bonds. The van der Waals surface area contributed by atoms with Gasteiger partial charge in [-0.15, -0.1) is 0 Å². The van der Waals surface area contributed by atoms with E-state index in [-0.39, 0.29) is 12.0 Å². The zero-order chi connectivity index (χ0) is 16.4. The minimum Gasteiger partial charge on any atom is -0.358 e. The van der Waals surface area contributed by atoms with Crippen molar-refractivity contribution in [2.45, 2.75) is 36.3 Å². The first-order valence-corrected chi connectivity index (χ1v) is 8.96. The van der Waals surface area contributed by atoms with Crippen molar-refractivity contribution in [3.8, 4) is 0 Å². The number of rotatable bonds is 4. The Bertz CT molecular complexity index is 847. The smallest absolute Gasteiger partial charge is 0.166 e. The number of ether oxygens (including phenoxy) is 1. The van der Waals surface area contributed by atoms with Gasteiger partial charge in [0.1, 0.15) is 28.9 Å². The summed E-state index contributed by atoms with van der Waals surface area (Å²) >= 11 is 1.54. The molecule has 0 N–H and O–H groups in total. The number of aromatic nitrogens is 4. The number of nitrogens with zero attached hydrogens (tertiary/aromatic N) is 4. The van der Waals surface area contributed by atoms with Gasteiger partial charge in [0.25, 0.3) is 0 Å². The number of hydrogen-bond donors (Lipinski definition) is 0. The number of thioether (sulfide) groups is 1. The van der Waals surface area contributed by atoms with Crippen LogP contribution in [0.1, 0.15) is 31.1 Å². The second-order valence-electron chi connectivity index (χ2n) is 5.74. The van der Waals surface area contributed by atoms with Crippen molar-refractivity contribution >= 4 is 22.9 Å². The summed E-state index contributed by atoms with van der Waals surface area (Å²) in [5.74, 6) is 0.413. The molecule has 0 spiro atoms. The first kappa shape index (κ1) is 15.5. The molecule has 0 bridgehead atoms. The van der Waals surface area contributed by atoms with Gasteiger partial charge in [0.05, 0.1) is 6.33 Å². The van der Waals surface area contributed by atoms with Crippen molar-refractivity contribution in [2.24, 2.45) is 0 Å². The molecule has 1 aliphatic heterocycles. The molecule has 24 heavy (non-hydrogen) atoms. The van der Waals surface area contributed by atoms with Crippen molar-refractivity contribution < 1.29 is 9.13 Å². The van der Waals surface area contributed by atoms with Crippen molar-refractivity contribution in [1.29, 1.82) is 0 Å². The Labute approximate surface area is 143 Å². The van der Waals surface area contributed by atoms with E-state index in [0.29, 0.717) is 5.75 Å². The highest BCUT2D eigenvalue weighted by Gasteiger charge is 2.20. The maximum Gasteiger partial charge on any atom is 0.166 e. The highest BCUT2D eigenvalue weighted by Crippen LogP contribution is 2.30. The molecule has 1 aliphatic rings. The van der Waals surface area contributed by atoms with Crippen LogP contribution in [0, 0.1) is 5.82 Å². The van der Waals surface area contributed by atoms with Gasteiger partial charge < -0.3 is 4.74 Å².